The van der Waals surface area contributed by atoms with Gasteiger partial charge in [-0.15, -0.1) is 11.6 Å². The number of fused-ring (bicyclic) bond motifs is 2. The number of imidazole rings is 1. The van der Waals surface area contributed by atoms with Crippen LogP contribution in [0, 0.1) is 12.8 Å². The molecule has 29 heavy (non-hydrogen) atoms. The third kappa shape index (κ3) is 4.23. The monoisotopic (exact) mass is 412 g/mol. The van der Waals surface area contributed by atoms with Crippen LogP contribution in [0.2, 0.25) is 0 Å². The maximum atomic E-state index is 4.73. The van der Waals surface area contributed by atoms with Crippen LogP contribution in [-0.2, 0) is 6.54 Å². The van der Waals surface area contributed by atoms with Crippen molar-refractivity contribution in [3.8, 4) is 0 Å². The minimum Gasteiger partial charge on any atom is -0.338 e. The summed E-state index contributed by atoms with van der Waals surface area (Å²) >= 11 is 4.64. The molecular weight excluding hydrogens is 384 g/mol. The molecule has 2 aliphatic rings. The Morgan fingerprint density at radius 3 is 2.62 bits per heavy atom. The lowest BCUT2D eigenvalue weighted by molar-refractivity contribution is 0.0886. The predicted octanol–water partition coefficient (Wildman–Crippen LogP) is 3.59. The third-order valence-electron chi connectivity index (χ3n) is 6.13. The van der Waals surface area contributed by atoms with Crippen LogP contribution in [0.4, 0.5) is 5.95 Å². The summed E-state index contributed by atoms with van der Waals surface area (Å²) < 4.78 is 2.41. The minimum atomic E-state index is 0.624. The highest BCUT2D eigenvalue weighted by atomic mass is 35.5. The number of anilines is 1. The van der Waals surface area contributed by atoms with Crippen LogP contribution in [0.15, 0.2) is 42.7 Å². The molecule has 0 N–H and O–H groups in total. The largest absolute Gasteiger partial charge is 0.338 e. The van der Waals surface area contributed by atoms with E-state index in [-0.39, 0.29) is 0 Å². The molecule has 0 radical (unpaired) electrons. The fraction of sp³-hybridized carbons (Fsp3) is 0.500. The van der Waals surface area contributed by atoms with E-state index in [0.29, 0.717) is 12.0 Å². The topological polar surface area (TPSA) is 50.1 Å². The first kappa shape index (κ1) is 20.1. The number of halogens is 1. The summed E-state index contributed by atoms with van der Waals surface area (Å²) in [6.07, 6.45) is 7.67. The van der Waals surface area contributed by atoms with E-state index in [1.54, 1.807) is 0 Å². The van der Waals surface area contributed by atoms with Gasteiger partial charge in [-0.25, -0.2) is 15.0 Å². The smallest absolute Gasteiger partial charge is 0.225 e. The highest BCUT2D eigenvalue weighted by molar-refractivity contribution is 6.15. The number of piperidine rings is 1. The Kier molecular flexibility index (Phi) is 6.31. The van der Waals surface area contributed by atoms with Crippen molar-refractivity contribution in [2.45, 2.75) is 32.4 Å². The van der Waals surface area contributed by atoms with E-state index < -0.39 is 0 Å². The fourth-order valence-corrected chi connectivity index (χ4v) is 4.73. The van der Waals surface area contributed by atoms with Gasteiger partial charge >= 0.3 is 0 Å². The van der Waals surface area contributed by atoms with Gasteiger partial charge in [-0.1, -0.05) is 12.1 Å². The average molecular weight is 413 g/mol. The first-order valence-corrected chi connectivity index (χ1v) is 11.1. The van der Waals surface area contributed by atoms with Crippen LogP contribution in [0.3, 0.4) is 0 Å². The maximum absolute atomic E-state index is 4.73. The van der Waals surface area contributed by atoms with Crippen LogP contribution >= 0.6 is 11.6 Å². The first-order valence-electron chi connectivity index (χ1n) is 10.3. The normalized spacial score (nSPS) is 22.1. The Balaban J connectivity index is 0.000000994. The van der Waals surface area contributed by atoms with E-state index in [0.717, 1.165) is 43.5 Å². The molecule has 0 aliphatic carbocycles. The molecule has 154 valence electrons. The summed E-state index contributed by atoms with van der Waals surface area (Å²) in [4.78, 5) is 18.6. The summed E-state index contributed by atoms with van der Waals surface area (Å²) in [6, 6.07) is 11.0. The number of piperazine rings is 1. The van der Waals surface area contributed by atoms with Crippen molar-refractivity contribution in [2.75, 3.05) is 37.5 Å². The number of rotatable bonds is 3. The van der Waals surface area contributed by atoms with Crippen molar-refractivity contribution in [2.24, 2.45) is 5.92 Å². The molecule has 7 heteroatoms. The van der Waals surface area contributed by atoms with Gasteiger partial charge in [0.05, 0.1) is 11.0 Å². The highest BCUT2D eigenvalue weighted by Gasteiger charge is 2.33. The fourth-order valence-electron chi connectivity index (χ4n) is 4.73. The lowest BCUT2D eigenvalue weighted by Crippen LogP contribution is -2.57. The SMILES string of the molecule is CCl.Cc1nc2ccccc2n1CC1CCC2CN(c3ncccn3)CCN2C1. The third-order valence-corrected chi connectivity index (χ3v) is 6.13. The Bertz CT molecular complexity index is 927. The van der Waals surface area contributed by atoms with E-state index in [4.69, 9.17) is 4.98 Å². The minimum absolute atomic E-state index is 0.624. The second-order valence-electron chi connectivity index (χ2n) is 7.85. The first-order chi connectivity index (χ1) is 14.3. The molecule has 0 amide bonds. The van der Waals surface area contributed by atoms with Gasteiger partial charge < -0.3 is 9.47 Å². The molecule has 2 atom stereocenters. The Hall–Kier alpha value is -2.18. The number of para-hydroxylation sites is 2. The molecule has 1 aromatic carbocycles. The number of hydrogen-bond donors (Lipinski definition) is 0. The van der Waals surface area contributed by atoms with Crippen molar-refractivity contribution in [1.82, 2.24) is 24.4 Å². The van der Waals surface area contributed by atoms with Gasteiger partial charge in [0, 0.05) is 57.5 Å². The molecule has 2 fully saturated rings. The van der Waals surface area contributed by atoms with Gasteiger partial charge in [0.1, 0.15) is 5.82 Å². The molecule has 2 aliphatic heterocycles. The molecule has 0 saturated carbocycles. The van der Waals surface area contributed by atoms with Crippen LogP contribution in [-0.4, -0.2) is 63.0 Å². The van der Waals surface area contributed by atoms with E-state index in [1.165, 1.54) is 31.3 Å². The van der Waals surface area contributed by atoms with Crippen molar-refractivity contribution in [1.29, 1.82) is 0 Å². The second-order valence-corrected chi connectivity index (χ2v) is 7.85. The standard InChI is InChI=1S/C21H26N6.CH3Cl/c1-16-24-19-5-2-3-6-20(19)27(16)14-17-7-8-18-15-26(12-11-25(18)13-17)21-22-9-4-10-23-21;1-2/h2-6,9-10,17-18H,7-8,11-15H2,1H3;1H3. The molecular formula is C22H29ClN6. The molecule has 0 spiro atoms. The van der Waals surface area contributed by atoms with E-state index in [9.17, 15) is 0 Å². The average Bonchev–Trinajstić information content (AvgIpc) is 3.10. The van der Waals surface area contributed by atoms with Crippen molar-refractivity contribution < 1.29 is 0 Å². The zero-order valence-electron chi connectivity index (χ0n) is 17.2. The molecule has 4 heterocycles. The van der Waals surface area contributed by atoms with Crippen LogP contribution in [0.5, 0.6) is 0 Å². The van der Waals surface area contributed by atoms with Gasteiger partial charge in [0.15, 0.2) is 0 Å². The van der Waals surface area contributed by atoms with Gasteiger partial charge in [-0.2, -0.15) is 0 Å². The van der Waals surface area contributed by atoms with Gasteiger partial charge in [0.25, 0.3) is 0 Å². The number of benzene rings is 1. The number of alkyl halides is 1. The molecule has 2 saturated heterocycles. The van der Waals surface area contributed by atoms with Gasteiger partial charge in [0.2, 0.25) is 5.95 Å². The van der Waals surface area contributed by atoms with Crippen LogP contribution in [0.1, 0.15) is 18.7 Å². The summed E-state index contributed by atoms with van der Waals surface area (Å²) in [5.41, 5.74) is 2.38. The zero-order chi connectivity index (χ0) is 20.2. The summed E-state index contributed by atoms with van der Waals surface area (Å²) in [7, 11) is 0. The molecule has 5 rings (SSSR count). The summed E-state index contributed by atoms with van der Waals surface area (Å²) in [5, 5.41) is 0. The number of hydrogen-bond acceptors (Lipinski definition) is 5. The summed E-state index contributed by atoms with van der Waals surface area (Å²) in [5.74, 6) is 2.70. The summed E-state index contributed by atoms with van der Waals surface area (Å²) in [6.45, 7) is 7.54. The Morgan fingerprint density at radius 1 is 1.00 bits per heavy atom. The zero-order valence-corrected chi connectivity index (χ0v) is 18.0. The Morgan fingerprint density at radius 2 is 1.79 bits per heavy atom. The lowest BCUT2D eigenvalue weighted by Gasteiger charge is -2.46. The molecule has 3 aromatic rings. The van der Waals surface area contributed by atoms with Gasteiger partial charge in [-0.3, -0.25) is 4.90 Å². The number of nitrogens with zero attached hydrogens (tertiary/aromatic N) is 6. The second kappa shape index (κ2) is 9.09. The molecule has 2 unspecified atom stereocenters. The van der Waals surface area contributed by atoms with E-state index in [1.807, 2.05) is 18.5 Å². The molecule has 2 aromatic heterocycles. The van der Waals surface area contributed by atoms with E-state index in [2.05, 4.69) is 67.1 Å². The van der Waals surface area contributed by atoms with Crippen molar-refractivity contribution in [3.63, 3.8) is 0 Å². The number of aromatic nitrogens is 4. The lowest BCUT2D eigenvalue weighted by atomic mass is 9.91. The van der Waals surface area contributed by atoms with Crippen LogP contribution < -0.4 is 4.90 Å². The van der Waals surface area contributed by atoms with Crippen molar-refractivity contribution in [3.05, 3.63) is 48.5 Å². The molecule has 0 bridgehead atoms. The van der Waals surface area contributed by atoms with Crippen molar-refractivity contribution >= 4 is 28.6 Å². The van der Waals surface area contributed by atoms with E-state index >= 15 is 0 Å². The quantitative estimate of drug-likeness (QED) is 0.615. The van der Waals surface area contributed by atoms with Gasteiger partial charge in [-0.05, 0) is 43.9 Å². The predicted molar refractivity (Wildman–Crippen MR) is 119 cm³/mol. The Labute approximate surface area is 177 Å². The highest BCUT2D eigenvalue weighted by Crippen LogP contribution is 2.28. The molecule has 6 nitrogen and oxygen atoms in total. The van der Waals surface area contributed by atoms with Crippen LogP contribution in [0.25, 0.3) is 11.0 Å². The number of aryl methyl sites for hydroxylation is 1. The maximum Gasteiger partial charge on any atom is 0.225 e.